The molecule has 0 bridgehead atoms. The summed E-state index contributed by atoms with van der Waals surface area (Å²) in [6.45, 7) is 0.295. The Kier molecular flexibility index (Phi) is 3.54. The number of carbonyl (C=O) groups excluding carboxylic acids is 1. The first-order chi connectivity index (χ1) is 11.3. The number of amides is 1. The third-order valence-corrected chi connectivity index (χ3v) is 4.33. The highest BCUT2D eigenvalue weighted by Crippen LogP contribution is 2.35. The van der Waals surface area contributed by atoms with E-state index < -0.39 is 0 Å². The number of aryl methyl sites for hydroxylation is 1. The van der Waals surface area contributed by atoms with Gasteiger partial charge in [0.2, 0.25) is 11.8 Å². The van der Waals surface area contributed by atoms with Crippen molar-refractivity contribution in [2.75, 3.05) is 0 Å². The van der Waals surface area contributed by atoms with Gasteiger partial charge >= 0.3 is 0 Å². The molecule has 116 valence electrons. The second kappa shape index (κ2) is 5.83. The quantitative estimate of drug-likeness (QED) is 0.804. The lowest BCUT2D eigenvalue weighted by Crippen LogP contribution is -2.24. The highest BCUT2D eigenvalue weighted by Gasteiger charge is 2.24. The van der Waals surface area contributed by atoms with Crippen molar-refractivity contribution in [2.45, 2.75) is 31.7 Å². The summed E-state index contributed by atoms with van der Waals surface area (Å²) in [6, 6.07) is 12.0. The summed E-state index contributed by atoms with van der Waals surface area (Å²) in [7, 11) is 0. The van der Waals surface area contributed by atoms with Crippen LogP contribution in [0.25, 0.3) is 11.2 Å². The van der Waals surface area contributed by atoms with E-state index in [9.17, 15) is 4.79 Å². The first kappa shape index (κ1) is 13.9. The molecule has 0 saturated carbocycles. The van der Waals surface area contributed by atoms with E-state index in [0.29, 0.717) is 36.0 Å². The van der Waals surface area contributed by atoms with Crippen molar-refractivity contribution in [2.24, 2.45) is 0 Å². The van der Waals surface area contributed by atoms with Gasteiger partial charge in [-0.15, -0.1) is 0 Å². The van der Waals surface area contributed by atoms with Crippen LogP contribution in [0.4, 0.5) is 0 Å². The Morgan fingerprint density at radius 3 is 3.09 bits per heavy atom. The summed E-state index contributed by atoms with van der Waals surface area (Å²) in [6.07, 6.45) is 4.28. The van der Waals surface area contributed by atoms with E-state index in [1.165, 1.54) is 11.1 Å². The smallest absolute Gasteiger partial charge is 0.221 e. The number of hydrogen-bond donors (Lipinski definition) is 1. The third kappa shape index (κ3) is 2.82. The molecule has 0 spiro atoms. The normalized spacial score (nSPS) is 16.4. The molecule has 23 heavy (non-hydrogen) atoms. The number of rotatable bonds is 4. The molecule has 3 aromatic rings. The molecule has 4 rings (SSSR count). The number of benzene rings is 1. The number of nitrogens with one attached hydrogen (secondary N) is 1. The average molecular weight is 307 g/mol. The SMILES string of the molecule is O=C(CC1CCc2ccccc21)NCc1nc2ncccc2o1. The molecule has 1 aromatic carbocycles. The van der Waals surface area contributed by atoms with Gasteiger partial charge in [0.25, 0.3) is 0 Å². The number of fused-ring (bicyclic) bond motifs is 2. The van der Waals surface area contributed by atoms with E-state index in [0.717, 1.165) is 12.8 Å². The molecule has 2 aromatic heterocycles. The maximum Gasteiger partial charge on any atom is 0.221 e. The van der Waals surface area contributed by atoms with E-state index in [4.69, 9.17) is 4.42 Å². The van der Waals surface area contributed by atoms with Gasteiger partial charge in [-0.05, 0) is 42.0 Å². The van der Waals surface area contributed by atoms with Crippen LogP contribution in [-0.2, 0) is 17.8 Å². The molecule has 0 aliphatic heterocycles. The van der Waals surface area contributed by atoms with Gasteiger partial charge in [0.15, 0.2) is 11.2 Å². The van der Waals surface area contributed by atoms with Crippen molar-refractivity contribution in [1.29, 1.82) is 0 Å². The van der Waals surface area contributed by atoms with E-state index in [1.54, 1.807) is 12.3 Å². The van der Waals surface area contributed by atoms with Gasteiger partial charge in [-0.1, -0.05) is 24.3 Å². The topological polar surface area (TPSA) is 68.0 Å². The Hall–Kier alpha value is -2.69. The molecule has 1 amide bonds. The fourth-order valence-electron chi connectivity index (χ4n) is 3.22. The summed E-state index contributed by atoms with van der Waals surface area (Å²) >= 11 is 0. The van der Waals surface area contributed by atoms with Crippen LogP contribution in [0.5, 0.6) is 0 Å². The predicted molar refractivity (Wildman–Crippen MR) is 85.8 cm³/mol. The summed E-state index contributed by atoms with van der Waals surface area (Å²) in [4.78, 5) is 20.6. The van der Waals surface area contributed by atoms with E-state index in [-0.39, 0.29) is 5.91 Å². The van der Waals surface area contributed by atoms with Gasteiger partial charge in [-0.25, -0.2) is 4.98 Å². The van der Waals surface area contributed by atoms with Crippen LogP contribution >= 0.6 is 0 Å². The van der Waals surface area contributed by atoms with E-state index in [1.807, 2.05) is 12.1 Å². The zero-order valence-corrected chi connectivity index (χ0v) is 12.7. The molecule has 1 unspecified atom stereocenters. The van der Waals surface area contributed by atoms with Crippen LogP contribution in [0, 0.1) is 0 Å². The van der Waals surface area contributed by atoms with Crippen molar-refractivity contribution in [3.63, 3.8) is 0 Å². The van der Waals surface area contributed by atoms with Crippen molar-refractivity contribution in [1.82, 2.24) is 15.3 Å². The highest BCUT2D eigenvalue weighted by molar-refractivity contribution is 5.77. The van der Waals surface area contributed by atoms with Crippen LogP contribution in [0.3, 0.4) is 0 Å². The van der Waals surface area contributed by atoms with Crippen LogP contribution in [0.1, 0.15) is 35.8 Å². The number of pyridine rings is 1. The van der Waals surface area contributed by atoms with Crippen molar-refractivity contribution < 1.29 is 9.21 Å². The largest absolute Gasteiger partial charge is 0.437 e. The van der Waals surface area contributed by atoms with Gasteiger partial charge in [0.05, 0.1) is 6.54 Å². The Bertz CT molecular complexity index is 823. The molecule has 1 aliphatic rings. The minimum Gasteiger partial charge on any atom is -0.437 e. The number of hydrogen-bond acceptors (Lipinski definition) is 4. The molecule has 1 N–H and O–H groups in total. The molecule has 1 atom stereocenters. The lowest BCUT2D eigenvalue weighted by molar-refractivity contribution is -0.121. The number of oxazole rings is 1. The lowest BCUT2D eigenvalue weighted by Gasteiger charge is -2.11. The fourth-order valence-corrected chi connectivity index (χ4v) is 3.22. The summed E-state index contributed by atoms with van der Waals surface area (Å²) in [5.41, 5.74) is 3.90. The van der Waals surface area contributed by atoms with Gasteiger partial charge < -0.3 is 9.73 Å². The Balaban J connectivity index is 1.37. The molecular formula is C18H17N3O2. The lowest BCUT2D eigenvalue weighted by atomic mass is 9.97. The van der Waals surface area contributed by atoms with Gasteiger partial charge in [0, 0.05) is 12.6 Å². The zero-order valence-electron chi connectivity index (χ0n) is 12.7. The first-order valence-electron chi connectivity index (χ1n) is 7.84. The third-order valence-electron chi connectivity index (χ3n) is 4.33. The molecule has 1 aliphatic carbocycles. The monoisotopic (exact) mass is 307 g/mol. The molecule has 5 heteroatoms. The molecule has 5 nitrogen and oxygen atoms in total. The summed E-state index contributed by atoms with van der Waals surface area (Å²) in [5, 5.41) is 2.89. The first-order valence-corrected chi connectivity index (χ1v) is 7.84. The Morgan fingerprint density at radius 1 is 1.26 bits per heavy atom. The van der Waals surface area contributed by atoms with Crippen LogP contribution < -0.4 is 5.32 Å². The van der Waals surface area contributed by atoms with Crippen LogP contribution in [-0.4, -0.2) is 15.9 Å². The number of nitrogens with zero attached hydrogens (tertiary/aromatic N) is 2. The minimum absolute atomic E-state index is 0.0296. The Morgan fingerprint density at radius 2 is 2.17 bits per heavy atom. The van der Waals surface area contributed by atoms with E-state index >= 15 is 0 Å². The van der Waals surface area contributed by atoms with Gasteiger partial charge in [-0.3, -0.25) is 4.79 Å². The number of aromatic nitrogens is 2. The second-order valence-corrected chi connectivity index (χ2v) is 5.85. The van der Waals surface area contributed by atoms with Crippen LogP contribution in [0.15, 0.2) is 47.0 Å². The maximum absolute atomic E-state index is 12.2. The average Bonchev–Trinajstić information content (AvgIpc) is 3.17. The van der Waals surface area contributed by atoms with Gasteiger partial charge in [-0.2, -0.15) is 4.98 Å². The van der Waals surface area contributed by atoms with Gasteiger partial charge in [0.1, 0.15) is 0 Å². The molecule has 2 heterocycles. The van der Waals surface area contributed by atoms with Crippen molar-refractivity contribution in [3.8, 4) is 0 Å². The molecule has 0 radical (unpaired) electrons. The number of carbonyl (C=O) groups is 1. The molecule has 0 fully saturated rings. The summed E-state index contributed by atoms with van der Waals surface area (Å²) in [5.74, 6) is 0.831. The molecule has 0 saturated heterocycles. The van der Waals surface area contributed by atoms with Crippen LogP contribution in [0.2, 0.25) is 0 Å². The van der Waals surface area contributed by atoms with Crippen molar-refractivity contribution in [3.05, 3.63) is 59.6 Å². The molecular weight excluding hydrogens is 290 g/mol. The second-order valence-electron chi connectivity index (χ2n) is 5.85. The maximum atomic E-state index is 12.2. The highest BCUT2D eigenvalue weighted by atomic mass is 16.3. The fraction of sp³-hybridized carbons (Fsp3) is 0.278. The van der Waals surface area contributed by atoms with Crippen molar-refractivity contribution >= 4 is 17.1 Å². The summed E-state index contributed by atoms with van der Waals surface area (Å²) < 4.78 is 5.56. The Labute approximate surface area is 133 Å². The van der Waals surface area contributed by atoms with E-state index in [2.05, 4.69) is 33.5 Å². The minimum atomic E-state index is 0.0296. The zero-order chi connectivity index (χ0) is 15.6. The standard InChI is InChI=1S/C18H17N3O2/c22-16(10-13-8-7-12-4-1-2-5-14(12)13)20-11-17-21-18-15(23-17)6-3-9-19-18/h1-6,9,13H,7-8,10-11H2,(H,20,22). The predicted octanol–water partition coefficient (Wildman–Crippen LogP) is 2.96.